The van der Waals surface area contributed by atoms with Crippen molar-refractivity contribution in [1.29, 1.82) is 0 Å². The third-order valence-electron chi connectivity index (χ3n) is 5.76. The summed E-state index contributed by atoms with van der Waals surface area (Å²) in [6.07, 6.45) is -3.74. The van der Waals surface area contributed by atoms with Gasteiger partial charge < -0.3 is 10.2 Å². The van der Waals surface area contributed by atoms with Gasteiger partial charge in [0.15, 0.2) is 0 Å². The van der Waals surface area contributed by atoms with Crippen LogP contribution in [0, 0.1) is 5.92 Å². The Labute approximate surface area is 196 Å². The van der Waals surface area contributed by atoms with Crippen LogP contribution in [0.1, 0.15) is 38.2 Å². The van der Waals surface area contributed by atoms with E-state index in [2.05, 4.69) is 19.2 Å². The summed E-state index contributed by atoms with van der Waals surface area (Å²) in [4.78, 5) is 26.7. The van der Waals surface area contributed by atoms with E-state index in [1.807, 2.05) is 24.3 Å². The largest absolute Gasteiger partial charge is 0.402 e. The van der Waals surface area contributed by atoms with Crippen LogP contribution in [0.3, 0.4) is 0 Å². The first-order chi connectivity index (χ1) is 15.9. The first-order valence-corrected chi connectivity index (χ1v) is 12.3. The highest BCUT2D eigenvalue weighted by Crippen LogP contribution is 2.33. The van der Waals surface area contributed by atoms with E-state index in [0.717, 1.165) is 29.8 Å². The summed E-state index contributed by atoms with van der Waals surface area (Å²) in [5.74, 6) is -0.914. The van der Waals surface area contributed by atoms with E-state index in [1.165, 1.54) is 16.9 Å². The van der Waals surface area contributed by atoms with Gasteiger partial charge in [-0.1, -0.05) is 32.0 Å². The lowest BCUT2D eigenvalue weighted by molar-refractivity contribution is -0.122. The van der Waals surface area contributed by atoms with Crippen molar-refractivity contribution < 1.29 is 31.2 Å². The molecule has 7 nitrogen and oxygen atoms in total. The number of sulfonamides is 1. The molecule has 2 aromatic rings. The average Bonchev–Trinajstić information content (AvgIpc) is 3.19. The molecule has 0 radical (unpaired) electrons. The maximum absolute atomic E-state index is 12.8. The van der Waals surface area contributed by atoms with Crippen LogP contribution in [0.2, 0.25) is 0 Å². The molecule has 1 heterocycles. The fourth-order valence-corrected chi connectivity index (χ4v) is 4.72. The highest BCUT2D eigenvalue weighted by molar-refractivity contribution is 7.89. The summed E-state index contributed by atoms with van der Waals surface area (Å²) in [7, 11) is -4.35. The Kier molecular flexibility index (Phi) is 7.67. The summed E-state index contributed by atoms with van der Waals surface area (Å²) in [6.45, 7) is 2.67. The first kappa shape index (κ1) is 25.7. The molecular weight excluding hydrogens is 471 g/mol. The van der Waals surface area contributed by atoms with Crippen molar-refractivity contribution >= 4 is 33.2 Å². The van der Waals surface area contributed by atoms with Crippen molar-refractivity contribution in [1.82, 2.24) is 4.72 Å². The summed E-state index contributed by atoms with van der Waals surface area (Å²) < 4.78 is 62.3. The molecule has 0 saturated carbocycles. The van der Waals surface area contributed by atoms with E-state index in [9.17, 15) is 31.2 Å². The standard InChI is InChI=1S/C23H26F3N3O4S/c1-3-15(2)19-6-4-5-7-20(19)29-13-16(12-21(29)30)22(31)28-17-8-10-18(11-9-17)34(32,33)27-14-23(24,25)26/h4-11,15-16,27H,3,12-14H2,1-2H3,(H,28,31). The van der Waals surface area contributed by atoms with Crippen LogP contribution >= 0.6 is 0 Å². The SMILES string of the molecule is CCC(C)c1ccccc1N1CC(C(=O)Nc2ccc(S(=O)(=O)NCC(F)(F)F)cc2)CC1=O. The topological polar surface area (TPSA) is 95.6 Å². The zero-order valence-electron chi connectivity index (χ0n) is 18.7. The van der Waals surface area contributed by atoms with Crippen LogP contribution < -0.4 is 14.9 Å². The molecule has 2 atom stereocenters. The molecule has 2 aromatic carbocycles. The quantitative estimate of drug-likeness (QED) is 0.576. The average molecular weight is 498 g/mol. The Hall–Kier alpha value is -2.92. The van der Waals surface area contributed by atoms with Crippen LogP contribution in [0.4, 0.5) is 24.5 Å². The molecule has 2 amide bonds. The highest BCUT2D eigenvalue weighted by atomic mass is 32.2. The van der Waals surface area contributed by atoms with Gasteiger partial charge in [-0.15, -0.1) is 0 Å². The molecule has 3 rings (SSSR count). The van der Waals surface area contributed by atoms with Crippen LogP contribution in [-0.4, -0.2) is 39.5 Å². The molecule has 0 aliphatic carbocycles. The van der Waals surface area contributed by atoms with E-state index < -0.39 is 34.6 Å². The molecule has 184 valence electrons. The number of carbonyl (C=O) groups excluding carboxylic acids is 2. The fraction of sp³-hybridized carbons (Fsp3) is 0.391. The van der Waals surface area contributed by atoms with Crippen LogP contribution in [0.5, 0.6) is 0 Å². The number of hydrogen-bond donors (Lipinski definition) is 2. The molecule has 2 N–H and O–H groups in total. The van der Waals surface area contributed by atoms with Gasteiger partial charge in [0, 0.05) is 24.3 Å². The third kappa shape index (κ3) is 6.15. The molecule has 2 unspecified atom stereocenters. The number of amides is 2. The second-order valence-electron chi connectivity index (χ2n) is 8.23. The Morgan fingerprint density at radius 2 is 1.79 bits per heavy atom. The Morgan fingerprint density at radius 3 is 2.41 bits per heavy atom. The smallest absolute Gasteiger partial charge is 0.326 e. The van der Waals surface area contributed by atoms with Gasteiger partial charge in [0.25, 0.3) is 0 Å². The molecule has 34 heavy (non-hydrogen) atoms. The van der Waals surface area contributed by atoms with Crippen molar-refractivity contribution in [2.75, 3.05) is 23.3 Å². The molecule has 1 aliphatic rings. The third-order valence-corrected chi connectivity index (χ3v) is 7.18. The number of halogens is 3. The van der Waals surface area contributed by atoms with Gasteiger partial charge in [-0.25, -0.2) is 13.1 Å². The highest BCUT2D eigenvalue weighted by Gasteiger charge is 2.36. The number of rotatable bonds is 8. The minimum atomic E-state index is -4.68. The normalized spacial score (nSPS) is 17.6. The van der Waals surface area contributed by atoms with Gasteiger partial charge >= 0.3 is 6.18 Å². The second kappa shape index (κ2) is 10.1. The lowest BCUT2D eigenvalue weighted by Crippen LogP contribution is -2.33. The molecule has 0 spiro atoms. The Morgan fingerprint density at radius 1 is 1.15 bits per heavy atom. The number of para-hydroxylation sites is 1. The zero-order valence-corrected chi connectivity index (χ0v) is 19.5. The van der Waals surface area contributed by atoms with E-state index in [-0.39, 0.29) is 35.4 Å². The summed E-state index contributed by atoms with van der Waals surface area (Å²) in [6, 6.07) is 12.4. The van der Waals surface area contributed by atoms with Gasteiger partial charge in [0.1, 0.15) is 6.54 Å². The molecule has 11 heteroatoms. The van der Waals surface area contributed by atoms with Crippen LogP contribution in [0.25, 0.3) is 0 Å². The number of nitrogens with one attached hydrogen (secondary N) is 2. The molecule has 1 fully saturated rings. The van der Waals surface area contributed by atoms with Crippen molar-refractivity contribution in [2.45, 2.75) is 43.7 Å². The Bertz CT molecular complexity index is 1150. The van der Waals surface area contributed by atoms with Crippen molar-refractivity contribution in [2.24, 2.45) is 5.92 Å². The molecule has 0 aromatic heterocycles. The van der Waals surface area contributed by atoms with E-state index in [4.69, 9.17) is 0 Å². The van der Waals surface area contributed by atoms with E-state index >= 15 is 0 Å². The first-order valence-electron chi connectivity index (χ1n) is 10.8. The molecule has 0 bridgehead atoms. The Balaban J connectivity index is 1.67. The van der Waals surface area contributed by atoms with Crippen molar-refractivity contribution in [3.05, 3.63) is 54.1 Å². The zero-order chi connectivity index (χ0) is 25.1. The molecule has 1 saturated heterocycles. The number of alkyl halides is 3. The van der Waals surface area contributed by atoms with Gasteiger partial charge in [-0.2, -0.15) is 13.2 Å². The van der Waals surface area contributed by atoms with Crippen LogP contribution in [0.15, 0.2) is 53.4 Å². The maximum Gasteiger partial charge on any atom is 0.402 e. The number of benzene rings is 2. The van der Waals surface area contributed by atoms with Crippen molar-refractivity contribution in [3.63, 3.8) is 0 Å². The van der Waals surface area contributed by atoms with Gasteiger partial charge in [-0.05, 0) is 48.2 Å². The number of anilines is 2. The van der Waals surface area contributed by atoms with Gasteiger partial charge in [0.2, 0.25) is 21.8 Å². The number of carbonyl (C=O) groups is 2. The van der Waals surface area contributed by atoms with Crippen LogP contribution in [-0.2, 0) is 19.6 Å². The van der Waals surface area contributed by atoms with E-state index in [0.29, 0.717) is 0 Å². The second-order valence-corrected chi connectivity index (χ2v) is 9.99. The number of nitrogens with zero attached hydrogens (tertiary/aromatic N) is 1. The lowest BCUT2D eigenvalue weighted by Gasteiger charge is -2.23. The fourth-order valence-electron chi connectivity index (χ4n) is 3.71. The van der Waals surface area contributed by atoms with Gasteiger partial charge in [0.05, 0.1) is 10.8 Å². The molecule has 1 aliphatic heterocycles. The van der Waals surface area contributed by atoms with E-state index in [1.54, 1.807) is 4.90 Å². The summed E-state index contributed by atoms with van der Waals surface area (Å²) >= 11 is 0. The summed E-state index contributed by atoms with van der Waals surface area (Å²) in [5, 5.41) is 2.65. The predicted molar refractivity (Wildman–Crippen MR) is 122 cm³/mol. The van der Waals surface area contributed by atoms with Crippen molar-refractivity contribution in [3.8, 4) is 0 Å². The summed E-state index contributed by atoms with van der Waals surface area (Å²) in [5.41, 5.74) is 2.10. The lowest BCUT2D eigenvalue weighted by atomic mass is 9.96. The monoisotopic (exact) mass is 497 g/mol. The van der Waals surface area contributed by atoms with Gasteiger partial charge in [-0.3, -0.25) is 9.59 Å². The number of hydrogen-bond acceptors (Lipinski definition) is 4. The molecular formula is C23H26F3N3O4S. The maximum atomic E-state index is 12.8. The predicted octanol–water partition coefficient (Wildman–Crippen LogP) is 4.03. The minimum Gasteiger partial charge on any atom is -0.326 e. The minimum absolute atomic E-state index is 0.0362.